The lowest BCUT2D eigenvalue weighted by atomic mass is 9.95. The molecule has 2 amide bonds. The number of H-pyrrole nitrogens is 1. The van der Waals surface area contributed by atoms with Gasteiger partial charge in [-0.1, -0.05) is 23.2 Å². The number of aromatic hydroxyl groups is 1. The number of carbonyl (C=O) groups excluding carboxylic acids is 2. The molecule has 39 heavy (non-hydrogen) atoms. The van der Waals surface area contributed by atoms with Gasteiger partial charge in [0.05, 0.1) is 16.8 Å². The first-order valence-corrected chi connectivity index (χ1v) is 12.2. The molecule has 0 bridgehead atoms. The molecule has 0 radical (unpaired) electrons. The number of nitriles is 1. The number of nitrogens with one attached hydrogen (secondary N) is 1. The van der Waals surface area contributed by atoms with E-state index in [0.29, 0.717) is 18.9 Å². The number of amides is 2. The van der Waals surface area contributed by atoms with Crippen molar-refractivity contribution in [1.82, 2.24) is 9.88 Å². The minimum atomic E-state index is -4.72. The van der Waals surface area contributed by atoms with E-state index >= 15 is 0 Å². The number of nitrogens with two attached hydrogens (primary N) is 1. The summed E-state index contributed by atoms with van der Waals surface area (Å²) >= 11 is 12.4. The molecule has 2 heterocycles. The average molecular weight is 579 g/mol. The Hall–Kier alpha value is -4.01. The molecule has 2 aromatic carbocycles. The number of rotatable bonds is 4. The molecule has 1 fully saturated rings. The normalized spacial score (nSPS) is 14.2. The van der Waals surface area contributed by atoms with Crippen LogP contribution in [0.25, 0.3) is 22.4 Å². The highest BCUT2D eigenvalue weighted by Crippen LogP contribution is 2.40. The first-order valence-electron chi connectivity index (χ1n) is 11.5. The zero-order chi connectivity index (χ0) is 28.6. The number of primary amides is 1. The van der Waals surface area contributed by atoms with Gasteiger partial charge in [0.25, 0.3) is 11.5 Å². The summed E-state index contributed by atoms with van der Waals surface area (Å²) in [5, 5.41) is 20.5. The molecule has 1 aromatic heterocycles. The fourth-order valence-electron chi connectivity index (χ4n) is 4.44. The summed E-state index contributed by atoms with van der Waals surface area (Å²) in [5.74, 6) is -1.97. The number of hydrogen-bond donors (Lipinski definition) is 3. The summed E-state index contributed by atoms with van der Waals surface area (Å²) in [6, 6.07) is 7.81. The number of pyridine rings is 1. The van der Waals surface area contributed by atoms with Crippen LogP contribution in [0.5, 0.6) is 5.75 Å². The van der Waals surface area contributed by atoms with Crippen molar-refractivity contribution >= 4 is 35.0 Å². The lowest BCUT2D eigenvalue weighted by molar-refractivity contribution is -0.137. The van der Waals surface area contributed by atoms with Crippen LogP contribution in [0.2, 0.25) is 10.0 Å². The van der Waals surface area contributed by atoms with Crippen LogP contribution in [-0.4, -0.2) is 39.9 Å². The lowest BCUT2D eigenvalue weighted by Gasteiger charge is -2.31. The highest BCUT2D eigenvalue weighted by molar-refractivity contribution is 6.33. The van der Waals surface area contributed by atoms with Gasteiger partial charge in [0, 0.05) is 45.7 Å². The average Bonchev–Trinajstić information content (AvgIpc) is 2.88. The maximum atomic E-state index is 13.4. The van der Waals surface area contributed by atoms with Gasteiger partial charge >= 0.3 is 6.18 Å². The van der Waals surface area contributed by atoms with Crippen LogP contribution in [0.15, 0.2) is 41.2 Å². The van der Waals surface area contributed by atoms with Crippen molar-refractivity contribution < 1.29 is 27.9 Å². The van der Waals surface area contributed by atoms with E-state index in [-0.39, 0.29) is 57.0 Å². The topological polar surface area (TPSA) is 140 Å². The smallest absolute Gasteiger partial charge is 0.416 e. The Bertz CT molecular complexity index is 1590. The van der Waals surface area contributed by atoms with E-state index in [9.17, 15) is 37.9 Å². The molecule has 0 unspecified atom stereocenters. The summed E-state index contributed by atoms with van der Waals surface area (Å²) in [7, 11) is 0. The zero-order valence-electron chi connectivity index (χ0n) is 19.9. The Morgan fingerprint density at radius 2 is 1.74 bits per heavy atom. The second kappa shape index (κ2) is 10.6. The molecule has 1 aliphatic rings. The highest BCUT2D eigenvalue weighted by atomic mass is 35.5. The van der Waals surface area contributed by atoms with Crippen LogP contribution >= 0.6 is 23.2 Å². The number of benzene rings is 2. The molecule has 4 rings (SSSR count). The fourth-order valence-corrected chi connectivity index (χ4v) is 4.88. The number of phenols is 1. The van der Waals surface area contributed by atoms with Gasteiger partial charge in [0.15, 0.2) is 0 Å². The predicted octanol–water partition coefficient (Wildman–Crippen LogP) is 4.95. The summed E-state index contributed by atoms with van der Waals surface area (Å²) in [4.78, 5) is 41.3. The number of aromatic nitrogens is 1. The van der Waals surface area contributed by atoms with E-state index in [1.807, 2.05) is 0 Å². The minimum Gasteiger partial charge on any atom is -0.506 e. The van der Waals surface area contributed by atoms with Gasteiger partial charge in [0.2, 0.25) is 5.91 Å². The Morgan fingerprint density at radius 3 is 2.33 bits per heavy atom. The van der Waals surface area contributed by atoms with Crippen molar-refractivity contribution in [2.24, 2.45) is 11.7 Å². The third kappa shape index (κ3) is 5.57. The summed E-state index contributed by atoms with van der Waals surface area (Å²) in [5.41, 5.74) is 1.96. The van der Waals surface area contributed by atoms with Gasteiger partial charge in [-0.2, -0.15) is 18.4 Å². The maximum Gasteiger partial charge on any atom is 0.416 e. The second-order valence-electron chi connectivity index (χ2n) is 8.92. The van der Waals surface area contributed by atoms with E-state index in [4.69, 9.17) is 28.9 Å². The molecular formula is C26H19Cl2F3N4O4. The first-order chi connectivity index (χ1) is 18.3. The van der Waals surface area contributed by atoms with Crippen LogP contribution in [0, 0.1) is 17.2 Å². The number of phenolic OH excluding ortho intramolecular Hbond substituents is 1. The summed E-state index contributed by atoms with van der Waals surface area (Å²) in [6.07, 6.45) is -4.03. The Kier molecular flexibility index (Phi) is 7.63. The highest BCUT2D eigenvalue weighted by Gasteiger charge is 2.32. The van der Waals surface area contributed by atoms with Gasteiger partial charge in [-0.15, -0.1) is 0 Å². The number of carbonyl (C=O) groups is 2. The molecule has 0 spiro atoms. The summed E-state index contributed by atoms with van der Waals surface area (Å²) in [6.45, 7) is 0.416. The van der Waals surface area contributed by atoms with Crippen LogP contribution in [0.1, 0.15) is 34.3 Å². The number of piperidine rings is 1. The van der Waals surface area contributed by atoms with E-state index in [1.54, 1.807) is 6.07 Å². The number of nitrogens with zero attached hydrogens (tertiary/aromatic N) is 2. The predicted molar refractivity (Wildman–Crippen MR) is 137 cm³/mol. The molecule has 13 heteroatoms. The molecule has 0 aliphatic carbocycles. The van der Waals surface area contributed by atoms with Crippen molar-refractivity contribution in [1.29, 1.82) is 5.26 Å². The molecule has 1 saturated heterocycles. The van der Waals surface area contributed by atoms with Gasteiger partial charge in [-0.25, -0.2) is 0 Å². The molecular weight excluding hydrogens is 560 g/mol. The van der Waals surface area contributed by atoms with E-state index in [0.717, 1.165) is 12.1 Å². The summed E-state index contributed by atoms with van der Waals surface area (Å²) < 4.78 is 40.1. The number of alkyl halides is 3. The number of halogens is 5. The third-order valence-electron chi connectivity index (χ3n) is 6.51. The van der Waals surface area contributed by atoms with Crippen LogP contribution < -0.4 is 11.3 Å². The zero-order valence-corrected chi connectivity index (χ0v) is 21.4. The Labute approximate surface area is 229 Å². The van der Waals surface area contributed by atoms with E-state index in [2.05, 4.69) is 4.98 Å². The lowest BCUT2D eigenvalue weighted by Crippen LogP contribution is -2.41. The number of hydrogen-bond acceptors (Lipinski definition) is 5. The molecule has 202 valence electrons. The largest absolute Gasteiger partial charge is 0.506 e. The standard InChI is InChI=1S/C26H19Cl2F3N4O4/c27-14-8-17(22(36)18(9-14)25(39)35-5-3-12(4-6-35)23(33)37)21-10-15(19(11-32)24(38)34-21)16-7-13(26(29,30)31)1-2-20(16)28/h1-2,7-10,12,36H,3-6H2,(H2,33,37)(H,34,38). The van der Waals surface area contributed by atoms with Crippen molar-refractivity contribution in [3.8, 4) is 34.2 Å². The second-order valence-corrected chi connectivity index (χ2v) is 9.77. The van der Waals surface area contributed by atoms with Crippen molar-refractivity contribution in [2.45, 2.75) is 19.0 Å². The van der Waals surface area contributed by atoms with Crippen LogP contribution in [-0.2, 0) is 11.0 Å². The molecule has 1 aliphatic heterocycles. The quantitative estimate of drug-likeness (QED) is 0.401. The van der Waals surface area contributed by atoms with Crippen molar-refractivity contribution in [3.05, 3.63) is 73.5 Å². The van der Waals surface area contributed by atoms with Crippen LogP contribution in [0.3, 0.4) is 0 Å². The van der Waals surface area contributed by atoms with Crippen LogP contribution in [0.4, 0.5) is 13.2 Å². The Morgan fingerprint density at radius 1 is 1.08 bits per heavy atom. The molecule has 4 N–H and O–H groups in total. The van der Waals surface area contributed by atoms with E-state index in [1.165, 1.54) is 23.1 Å². The minimum absolute atomic E-state index is 0.0158. The van der Waals surface area contributed by atoms with Crippen molar-refractivity contribution in [3.63, 3.8) is 0 Å². The van der Waals surface area contributed by atoms with Crippen molar-refractivity contribution in [2.75, 3.05) is 13.1 Å². The van der Waals surface area contributed by atoms with Gasteiger partial charge in [0.1, 0.15) is 17.4 Å². The van der Waals surface area contributed by atoms with Gasteiger partial charge in [-0.05, 0) is 49.2 Å². The monoisotopic (exact) mass is 578 g/mol. The molecule has 3 aromatic rings. The third-order valence-corrected chi connectivity index (χ3v) is 7.06. The maximum absolute atomic E-state index is 13.4. The molecule has 8 nitrogen and oxygen atoms in total. The number of aromatic amines is 1. The fraction of sp³-hybridized carbons (Fsp3) is 0.231. The number of likely N-dealkylation sites (tertiary alicyclic amines) is 1. The van der Waals surface area contributed by atoms with E-state index < -0.39 is 40.4 Å². The van der Waals surface area contributed by atoms with Gasteiger partial charge < -0.3 is 20.7 Å². The molecule has 0 atom stereocenters. The first kappa shape index (κ1) is 28.0. The SMILES string of the molecule is N#Cc1c(-c2cc(C(F)(F)F)ccc2Cl)cc(-c2cc(Cl)cc(C(=O)N3CCC(C(N)=O)CC3)c2O)[nH]c1=O. The Balaban J connectivity index is 1.83. The van der Waals surface area contributed by atoms with Gasteiger partial charge in [-0.3, -0.25) is 14.4 Å². The molecule has 0 saturated carbocycles.